The molecule has 0 radical (unpaired) electrons. The van der Waals surface area contributed by atoms with Gasteiger partial charge in [-0.05, 0) is 111 Å². The van der Waals surface area contributed by atoms with E-state index in [1.807, 2.05) is 0 Å². The Balaban J connectivity index is 1.33. The van der Waals surface area contributed by atoms with Gasteiger partial charge in [-0.2, -0.15) is 10.0 Å². The van der Waals surface area contributed by atoms with Gasteiger partial charge in [0.25, 0.3) is 0 Å². The molecule has 0 N–H and O–H groups in total. The molecule has 0 aliphatic carbocycles. The lowest BCUT2D eigenvalue weighted by atomic mass is 9.85. The number of para-hydroxylation sites is 2. The summed E-state index contributed by atoms with van der Waals surface area (Å²) in [7, 11) is -1.34. The van der Waals surface area contributed by atoms with Crippen LogP contribution in [0.2, 0.25) is 0 Å². The molecule has 0 spiro atoms. The summed E-state index contributed by atoms with van der Waals surface area (Å²) >= 11 is 0. The number of rotatable bonds is 4. The van der Waals surface area contributed by atoms with Crippen LogP contribution in [0.5, 0.6) is 0 Å². The van der Waals surface area contributed by atoms with Gasteiger partial charge in [-0.15, -0.1) is 0 Å². The monoisotopic (exact) mass is 595 g/mol. The van der Waals surface area contributed by atoms with Crippen LogP contribution in [0.4, 0.5) is 17.1 Å². The molecular formula is C43H33NS. The van der Waals surface area contributed by atoms with E-state index in [1.165, 1.54) is 75.6 Å². The molecule has 216 valence electrons. The maximum absolute atomic E-state index is 2.50. The molecule has 45 heavy (non-hydrogen) atoms. The van der Waals surface area contributed by atoms with Crippen molar-refractivity contribution in [3.05, 3.63) is 151 Å². The Kier molecular flexibility index (Phi) is 5.70. The van der Waals surface area contributed by atoms with Crippen LogP contribution in [0.15, 0.2) is 155 Å². The Morgan fingerprint density at radius 2 is 1.13 bits per heavy atom. The van der Waals surface area contributed by atoms with Gasteiger partial charge in [0, 0.05) is 32.4 Å². The molecule has 2 heteroatoms. The molecule has 1 nitrogen and oxygen atoms in total. The summed E-state index contributed by atoms with van der Waals surface area (Å²) in [5.74, 6) is 0. The van der Waals surface area contributed by atoms with Gasteiger partial charge in [-0.3, -0.25) is 0 Å². The van der Waals surface area contributed by atoms with E-state index in [0.717, 1.165) is 11.4 Å². The minimum absolute atomic E-state index is 1.16. The van der Waals surface area contributed by atoms with Gasteiger partial charge in [-0.1, -0.05) is 109 Å². The zero-order chi connectivity index (χ0) is 30.3. The van der Waals surface area contributed by atoms with E-state index >= 15 is 0 Å². The number of benzene rings is 8. The lowest BCUT2D eigenvalue weighted by molar-refractivity contribution is 1.26. The number of fused-ring (bicyclic) bond motifs is 5. The van der Waals surface area contributed by atoms with Gasteiger partial charge in [-0.25, -0.2) is 0 Å². The minimum Gasteiger partial charge on any atom is -0.310 e. The molecule has 0 atom stereocenters. The summed E-state index contributed by atoms with van der Waals surface area (Å²) in [6.07, 6.45) is 5.00. The molecule has 0 bridgehead atoms. The van der Waals surface area contributed by atoms with Crippen molar-refractivity contribution in [2.75, 3.05) is 17.4 Å². The van der Waals surface area contributed by atoms with Gasteiger partial charge in [0.1, 0.15) is 0 Å². The van der Waals surface area contributed by atoms with Gasteiger partial charge in [0.15, 0.2) is 0 Å². The fraction of sp³-hybridized carbons (Fsp3) is 0.0698. The number of aryl methyl sites for hydroxylation is 1. The van der Waals surface area contributed by atoms with Crippen molar-refractivity contribution >= 4 is 59.4 Å². The van der Waals surface area contributed by atoms with Crippen LogP contribution >= 0.6 is 10.0 Å². The average molecular weight is 596 g/mol. The third-order valence-corrected chi connectivity index (χ3v) is 12.6. The molecule has 8 aromatic carbocycles. The molecule has 0 unspecified atom stereocenters. The Bertz CT molecular complexity index is 2350. The van der Waals surface area contributed by atoms with E-state index in [9.17, 15) is 0 Å². The molecule has 0 amide bonds. The summed E-state index contributed by atoms with van der Waals surface area (Å²) in [6, 6.07) is 54.0. The van der Waals surface area contributed by atoms with Crippen LogP contribution in [0.25, 0.3) is 54.6 Å². The average Bonchev–Trinajstić information content (AvgIpc) is 3.32. The number of hydrogen-bond donors (Lipinski definition) is 0. The quantitative estimate of drug-likeness (QED) is 0.183. The summed E-state index contributed by atoms with van der Waals surface area (Å²) in [5, 5.41) is 8.22. The number of hydrogen-bond acceptors (Lipinski definition) is 1. The first-order chi connectivity index (χ1) is 22.0. The van der Waals surface area contributed by atoms with Crippen molar-refractivity contribution in [1.82, 2.24) is 0 Å². The van der Waals surface area contributed by atoms with E-state index in [4.69, 9.17) is 0 Å². The Labute approximate surface area is 266 Å². The predicted octanol–water partition coefficient (Wildman–Crippen LogP) is 12.5. The molecule has 1 aliphatic rings. The second-order valence-corrected chi connectivity index (χ2v) is 16.1. The van der Waals surface area contributed by atoms with Crippen molar-refractivity contribution in [2.24, 2.45) is 0 Å². The van der Waals surface area contributed by atoms with Crippen LogP contribution in [0.3, 0.4) is 0 Å². The maximum atomic E-state index is 2.50. The van der Waals surface area contributed by atoms with E-state index in [2.05, 4.69) is 170 Å². The maximum Gasteiger partial charge on any atom is 0.0472 e. The molecule has 0 aromatic heterocycles. The standard InChI is InChI=1S/C43H33NS/c1-28-20-22-29(23-21-28)38-26-30-12-10-18-36-40(30)41-34(38)17-11-19-37(41)43-42(36)35-25-24-33(27-39(35)45(43,2)3)44(31-13-6-4-7-14-31)32-15-8-5-9-16-32/h4-27H,1-3H3. The molecular weight excluding hydrogens is 563 g/mol. The fourth-order valence-electron chi connectivity index (χ4n) is 7.66. The summed E-state index contributed by atoms with van der Waals surface area (Å²) in [4.78, 5) is 5.37. The van der Waals surface area contributed by atoms with Gasteiger partial charge < -0.3 is 4.90 Å². The second kappa shape index (κ2) is 9.72. The minimum atomic E-state index is -1.34. The number of nitrogens with zero attached hydrogens (tertiary/aromatic N) is 1. The molecule has 0 saturated carbocycles. The Hall–Kier alpha value is -5.05. The Morgan fingerprint density at radius 3 is 1.84 bits per heavy atom. The topological polar surface area (TPSA) is 3.24 Å². The van der Waals surface area contributed by atoms with Crippen molar-refractivity contribution < 1.29 is 0 Å². The van der Waals surface area contributed by atoms with E-state index < -0.39 is 10.0 Å². The first-order valence-electron chi connectivity index (χ1n) is 15.6. The highest BCUT2D eigenvalue weighted by molar-refractivity contribution is 8.33. The highest BCUT2D eigenvalue weighted by Crippen LogP contribution is 2.71. The van der Waals surface area contributed by atoms with E-state index in [-0.39, 0.29) is 0 Å². The zero-order valence-electron chi connectivity index (χ0n) is 25.7. The van der Waals surface area contributed by atoms with Crippen molar-refractivity contribution in [3.8, 4) is 22.3 Å². The normalized spacial score (nSPS) is 14.1. The predicted molar refractivity (Wildman–Crippen MR) is 196 cm³/mol. The number of anilines is 3. The first-order valence-corrected chi connectivity index (χ1v) is 18.0. The van der Waals surface area contributed by atoms with Crippen molar-refractivity contribution in [3.63, 3.8) is 0 Å². The lowest BCUT2D eigenvalue weighted by Gasteiger charge is -2.32. The molecule has 8 aromatic rings. The molecule has 0 fully saturated rings. The van der Waals surface area contributed by atoms with E-state index in [0.29, 0.717) is 0 Å². The van der Waals surface area contributed by atoms with Gasteiger partial charge in [0.05, 0.1) is 0 Å². The van der Waals surface area contributed by atoms with Crippen LogP contribution < -0.4 is 4.90 Å². The highest BCUT2D eigenvalue weighted by Gasteiger charge is 2.36. The smallest absolute Gasteiger partial charge is 0.0472 e. The summed E-state index contributed by atoms with van der Waals surface area (Å²) in [6.45, 7) is 2.16. The molecule has 1 heterocycles. The summed E-state index contributed by atoms with van der Waals surface area (Å²) < 4.78 is 0. The third kappa shape index (κ3) is 3.82. The van der Waals surface area contributed by atoms with Gasteiger partial charge >= 0.3 is 0 Å². The van der Waals surface area contributed by atoms with Crippen LogP contribution in [0.1, 0.15) is 5.56 Å². The largest absolute Gasteiger partial charge is 0.310 e. The third-order valence-electron chi connectivity index (χ3n) is 9.69. The molecule has 9 rings (SSSR count). The lowest BCUT2D eigenvalue weighted by Crippen LogP contribution is -2.10. The second-order valence-electron chi connectivity index (χ2n) is 12.6. The van der Waals surface area contributed by atoms with Crippen LogP contribution in [-0.2, 0) is 0 Å². The van der Waals surface area contributed by atoms with Crippen molar-refractivity contribution in [2.45, 2.75) is 16.7 Å². The zero-order valence-corrected chi connectivity index (χ0v) is 26.5. The molecule has 1 aliphatic heterocycles. The highest BCUT2D eigenvalue weighted by atomic mass is 32.3. The van der Waals surface area contributed by atoms with Crippen LogP contribution in [-0.4, -0.2) is 12.5 Å². The van der Waals surface area contributed by atoms with E-state index in [1.54, 1.807) is 0 Å². The van der Waals surface area contributed by atoms with Crippen molar-refractivity contribution in [1.29, 1.82) is 0 Å². The first kappa shape index (κ1) is 26.4. The van der Waals surface area contributed by atoms with Crippen LogP contribution in [0, 0.1) is 6.92 Å². The Morgan fingerprint density at radius 1 is 0.489 bits per heavy atom. The SMILES string of the molecule is Cc1ccc(-c2cc3cccc4c5c(c6cccc2c6c34)S(C)(C)c2cc(N(c3ccccc3)c3ccccc3)ccc2-5)cc1. The molecule has 0 saturated heterocycles. The summed E-state index contributed by atoms with van der Waals surface area (Å²) in [5.41, 5.74) is 10.2. The fourth-order valence-corrected chi connectivity index (χ4v) is 10.5. The van der Waals surface area contributed by atoms with Gasteiger partial charge in [0.2, 0.25) is 0 Å².